The predicted octanol–water partition coefficient (Wildman–Crippen LogP) is 3.85. The van der Waals surface area contributed by atoms with E-state index in [0.717, 1.165) is 23.5 Å². The minimum absolute atomic E-state index is 0.113. The molecule has 1 saturated carbocycles. The molecule has 140 valence electrons. The maximum atomic E-state index is 11.4. The fourth-order valence-electron chi connectivity index (χ4n) is 3.69. The molecule has 0 aromatic heterocycles. The number of rotatable bonds is 6. The Labute approximate surface area is 159 Å². The van der Waals surface area contributed by atoms with Crippen molar-refractivity contribution >= 4 is 27.3 Å². The average molecular weight is 395 g/mol. The molecule has 2 aromatic carbocycles. The molecule has 1 aliphatic carbocycles. The quantitative estimate of drug-likeness (QED) is 0.779. The van der Waals surface area contributed by atoms with Crippen molar-refractivity contribution < 1.29 is 13.2 Å². The molecule has 3 rings (SSSR count). The number of hydrogen-bond acceptors (Lipinski definition) is 4. The number of hydrogen-bond donors (Lipinski definition) is 2. The van der Waals surface area contributed by atoms with Crippen LogP contribution in [-0.4, -0.2) is 22.1 Å². The lowest BCUT2D eigenvalue weighted by atomic mass is 10.0. The second-order valence-electron chi connectivity index (χ2n) is 7.25. The SMILES string of the molecule is COc1ccc(Cl)cc1NC[C@H]1[C@H](c2ccc(S(N)(=O)=O)cc2)C1(C)C. The van der Waals surface area contributed by atoms with E-state index in [9.17, 15) is 8.42 Å². The third-order valence-electron chi connectivity index (χ3n) is 5.29. The van der Waals surface area contributed by atoms with Gasteiger partial charge < -0.3 is 10.1 Å². The van der Waals surface area contributed by atoms with Crippen molar-refractivity contribution in [3.05, 3.63) is 53.1 Å². The summed E-state index contributed by atoms with van der Waals surface area (Å²) in [6.07, 6.45) is 0. The molecular formula is C19H23ClN2O3S. The minimum Gasteiger partial charge on any atom is -0.495 e. The lowest BCUT2D eigenvalue weighted by Gasteiger charge is -2.12. The molecular weight excluding hydrogens is 372 g/mol. The van der Waals surface area contributed by atoms with Gasteiger partial charge in [0.2, 0.25) is 10.0 Å². The maximum Gasteiger partial charge on any atom is 0.238 e. The number of nitrogens with two attached hydrogens (primary N) is 1. The van der Waals surface area contributed by atoms with Gasteiger partial charge in [0.25, 0.3) is 0 Å². The van der Waals surface area contributed by atoms with Crippen LogP contribution in [0.4, 0.5) is 5.69 Å². The Morgan fingerprint density at radius 1 is 1.19 bits per heavy atom. The Bertz CT molecular complexity index is 911. The molecule has 0 spiro atoms. The van der Waals surface area contributed by atoms with Crippen LogP contribution in [0, 0.1) is 11.3 Å². The number of anilines is 1. The van der Waals surface area contributed by atoms with Gasteiger partial charge in [0.05, 0.1) is 17.7 Å². The molecule has 2 aromatic rings. The molecule has 0 saturated heterocycles. The second kappa shape index (κ2) is 6.76. The number of sulfonamides is 1. The van der Waals surface area contributed by atoms with E-state index >= 15 is 0 Å². The van der Waals surface area contributed by atoms with E-state index in [-0.39, 0.29) is 10.3 Å². The lowest BCUT2D eigenvalue weighted by molar-refractivity contribution is 0.416. The maximum absolute atomic E-state index is 11.4. The molecule has 7 heteroatoms. The zero-order valence-corrected chi connectivity index (χ0v) is 16.6. The van der Waals surface area contributed by atoms with Gasteiger partial charge in [-0.25, -0.2) is 13.6 Å². The normalized spacial score (nSPS) is 21.3. The van der Waals surface area contributed by atoms with Crippen LogP contribution in [0.15, 0.2) is 47.4 Å². The Morgan fingerprint density at radius 3 is 2.42 bits per heavy atom. The summed E-state index contributed by atoms with van der Waals surface area (Å²) in [6, 6.07) is 12.3. The largest absolute Gasteiger partial charge is 0.495 e. The zero-order valence-electron chi connectivity index (χ0n) is 15.0. The summed E-state index contributed by atoms with van der Waals surface area (Å²) >= 11 is 6.08. The van der Waals surface area contributed by atoms with Crippen LogP contribution in [0.3, 0.4) is 0 Å². The van der Waals surface area contributed by atoms with Gasteiger partial charge in [-0.2, -0.15) is 0 Å². The first-order chi connectivity index (χ1) is 12.1. The molecule has 0 heterocycles. The molecule has 26 heavy (non-hydrogen) atoms. The van der Waals surface area contributed by atoms with Crippen molar-refractivity contribution in [2.45, 2.75) is 24.7 Å². The summed E-state index contributed by atoms with van der Waals surface area (Å²) in [5.74, 6) is 1.50. The molecule has 2 atom stereocenters. The second-order valence-corrected chi connectivity index (χ2v) is 9.24. The predicted molar refractivity (Wildman–Crippen MR) is 104 cm³/mol. The molecule has 5 nitrogen and oxygen atoms in total. The number of methoxy groups -OCH3 is 1. The van der Waals surface area contributed by atoms with E-state index in [4.69, 9.17) is 21.5 Å². The summed E-state index contributed by atoms with van der Waals surface area (Å²) < 4.78 is 28.2. The molecule has 0 unspecified atom stereocenters. The van der Waals surface area contributed by atoms with Gasteiger partial charge >= 0.3 is 0 Å². The molecule has 1 aliphatic rings. The van der Waals surface area contributed by atoms with Crippen molar-refractivity contribution in [3.63, 3.8) is 0 Å². The summed E-state index contributed by atoms with van der Waals surface area (Å²) in [4.78, 5) is 0.137. The zero-order chi connectivity index (χ0) is 19.1. The van der Waals surface area contributed by atoms with Gasteiger partial charge in [-0.3, -0.25) is 0 Å². The van der Waals surface area contributed by atoms with Gasteiger partial charge in [0.15, 0.2) is 0 Å². The number of primary sulfonamides is 1. The number of nitrogens with one attached hydrogen (secondary N) is 1. The van der Waals surface area contributed by atoms with Gasteiger partial charge in [-0.05, 0) is 53.1 Å². The number of halogens is 1. The van der Waals surface area contributed by atoms with Crippen LogP contribution in [0.1, 0.15) is 25.3 Å². The van der Waals surface area contributed by atoms with Gasteiger partial charge in [0.1, 0.15) is 5.75 Å². The summed E-state index contributed by atoms with van der Waals surface area (Å²) in [6.45, 7) is 5.20. The topological polar surface area (TPSA) is 81.4 Å². The molecule has 0 amide bonds. The smallest absolute Gasteiger partial charge is 0.238 e. The third kappa shape index (κ3) is 3.68. The first-order valence-electron chi connectivity index (χ1n) is 8.35. The van der Waals surface area contributed by atoms with Crippen molar-refractivity contribution in [1.82, 2.24) is 0 Å². The van der Waals surface area contributed by atoms with E-state index in [0.29, 0.717) is 16.9 Å². The molecule has 0 radical (unpaired) electrons. The fraction of sp³-hybridized carbons (Fsp3) is 0.368. The van der Waals surface area contributed by atoms with Crippen molar-refractivity contribution in [2.75, 3.05) is 19.0 Å². The Balaban J connectivity index is 1.73. The molecule has 0 bridgehead atoms. The molecule has 1 fully saturated rings. The van der Waals surface area contributed by atoms with Gasteiger partial charge in [-0.15, -0.1) is 0 Å². The Hall–Kier alpha value is -1.76. The van der Waals surface area contributed by atoms with Crippen LogP contribution in [0.25, 0.3) is 0 Å². The van der Waals surface area contributed by atoms with Crippen molar-refractivity contribution in [1.29, 1.82) is 0 Å². The van der Waals surface area contributed by atoms with Gasteiger partial charge in [0, 0.05) is 11.6 Å². The van der Waals surface area contributed by atoms with E-state index in [2.05, 4.69) is 19.2 Å². The lowest BCUT2D eigenvalue weighted by Crippen LogP contribution is -2.11. The summed E-state index contributed by atoms with van der Waals surface area (Å²) in [7, 11) is -2.03. The molecule has 0 aliphatic heterocycles. The van der Waals surface area contributed by atoms with E-state index in [1.165, 1.54) is 0 Å². The monoisotopic (exact) mass is 394 g/mol. The number of benzene rings is 2. The van der Waals surface area contributed by atoms with Crippen LogP contribution >= 0.6 is 11.6 Å². The van der Waals surface area contributed by atoms with E-state index in [1.807, 2.05) is 24.3 Å². The fourth-order valence-corrected chi connectivity index (χ4v) is 4.38. The van der Waals surface area contributed by atoms with Crippen LogP contribution in [-0.2, 0) is 10.0 Å². The van der Waals surface area contributed by atoms with Crippen molar-refractivity contribution in [2.24, 2.45) is 16.5 Å². The number of ether oxygens (including phenoxy) is 1. The summed E-state index contributed by atoms with van der Waals surface area (Å²) in [5, 5.41) is 9.25. The standard InChI is InChI=1S/C19H23ClN2O3S/c1-19(2)15(11-22-16-10-13(20)6-9-17(16)25-3)18(19)12-4-7-14(8-5-12)26(21,23)24/h4-10,15,18,22H,11H2,1-3H3,(H2,21,23,24)/t15-,18-/m0/s1. The highest BCUT2D eigenvalue weighted by Gasteiger charge is 2.57. The third-order valence-corrected chi connectivity index (χ3v) is 6.46. The highest BCUT2D eigenvalue weighted by atomic mass is 35.5. The van der Waals surface area contributed by atoms with E-state index < -0.39 is 10.0 Å². The van der Waals surface area contributed by atoms with Crippen LogP contribution in [0.2, 0.25) is 5.02 Å². The minimum atomic E-state index is -3.66. The Morgan fingerprint density at radius 2 is 1.85 bits per heavy atom. The highest BCUT2D eigenvalue weighted by Crippen LogP contribution is 2.64. The van der Waals surface area contributed by atoms with Crippen LogP contribution < -0.4 is 15.2 Å². The first-order valence-corrected chi connectivity index (χ1v) is 10.3. The van der Waals surface area contributed by atoms with Crippen LogP contribution in [0.5, 0.6) is 5.75 Å². The van der Waals surface area contributed by atoms with Crippen molar-refractivity contribution in [3.8, 4) is 5.75 Å². The molecule has 3 N–H and O–H groups in total. The van der Waals surface area contributed by atoms with Gasteiger partial charge in [-0.1, -0.05) is 37.6 Å². The summed E-state index contributed by atoms with van der Waals surface area (Å²) in [5.41, 5.74) is 2.10. The van der Waals surface area contributed by atoms with E-state index in [1.54, 1.807) is 25.3 Å². The Kier molecular flexibility index (Phi) is 4.94. The first kappa shape index (κ1) is 19.0. The average Bonchev–Trinajstić information content (AvgIpc) is 3.13. The highest BCUT2D eigenvalue weighted by molar-refractivity contribution is 7.89.